The minimum absolute atomic E-state index is 0.347. The predicted octanol–water partition coefficient (Wildman–Crippen LogP) is 2.98. The van der Waals surface area contributed by atoms with Crippen LogP contribution >= 0.6 is 0 Å². The number of nitrogens with one attached hydrogen (secondary N) is 2. The molecule has 0 aliphatic carbocycles. The zero-order valence-electron chi connectivity index (χ0n) is 12.2. The highest BCUT2D eigenvalue weighted by molar-refractivity contribution is 6.44. The van der Waals surface area contributed by atoms with Crippen LogP contribution in [0, 0.1) is 6.92 Å². The quantitative estimate of drug-likeness (QED) is 0.573. The Balaban J connectivity index is 1.75. The van der Waals surface area contributed by atoms with E-state index in [0.717, 1.165) is 22.0 Å². The van der Waals surface area contributed by atoms with Crippen LogP contribution < -0.4 is 5.32 Å². The van der Waals surface area contributed by atoms with Gasteiger partial charge in [0.05, 0.1) is 5.56 Å². The molecule has 4 heteroatoms. The topological polar surface area (TPSA) is 62.0 Å². The lowest BCUT2D eigenvalue weighted by molar-refractivity contribution is -0.117. The number of rotatable bonds is 4. The fourth-order valence-corrected chi connectivity index (χ4v) is 2.45. The molecule has 3 aromatic rings. The molecule has 0 atom stereocenters. The Morgan fingerprint density at radius 1 is 1.05 bits per heavy atom. The minimum Gasteiger partial charge on any atom is -0.360 e. The van der Waals surface area contributed by atoms with E-state index in [4.69, 9.17) is 0 Å². The maximum atomic E-state index is 12.3. The number of hydrogen-bond acceptors (Lipinski definition) is 2. The van der Waals surface area contributed by atoms with E-state index in [1.807, 2.05) is 55.5 Å². The zero-order chi connectivity index (χ0) is 15.5. The van der Waals surface area contributed by atoms with Crippen LogP contribution in [0.3, 0.4) is 0 Å². The van der Waals surface area contributed by atoms with E-state index < -0.39 is 11.7 Å². The van der Waals surface area contributed by atoms with Gasteiger partial charge in [0.25, 0.3) is 11.7 Å². The number of para-hydroxylation sites is 1. The highest BCUT2D eigenvalue weighted by Gasteiger charge is 2.19. The van der Waals surface area contributed by atoms with E-state index in [0.29, 0.717) is 12.1 Å². The van der Waals surface area contributed by atoms with E-state index >= 15 is 0 Å². The number of ketones is 1. The molecule has 110 valence electrons. The summed E-state index contributed by atoms with van der Waals surface area (Å²) >= 11 is 0. The molecule has 0 aliphatic heterocycles. The number of Topliss-reactive ketones (excluding diaryl/α,β-unsaturated/α-hetero) is 1. The fourth-order valence-electron chi connectivity index (χ4n) is 2.45. The molecule has 0 radical (unpaired) electrons. The molecule has 0 saturated heterocycles. The number of aromatic amines is 1. The number of hydrogen-bond donors (Lipinski definition) is 2. The number of benzene rings is 2. The second kappa shape index (κ2) is 5.85. The van der Waals surface area contributed by atoms with Gasteiger partial charge in [0.2, 0.25) is 0 Å². The number of carbonyl (C=O) groups is 2. The first-order chi connectivity index (χ1) is 10.7. The Bertz CT molecular complexity index is 849. The maximum absolute atomic E-state index is 12.3. The second-order valence-corrected chi connectivity index (χ2v) is 5.19. The second-order valence-electron chi connectivity index (χ2n) is 5.19. The van der Waals surface area contributed by atoms with E-state index in [1.54, 1.807) is 6.20 Å². The molecule has 22 heavy (non-hydrogen) atoms. The van der Waals surface area contributed by atoms with E-state index in [2.05, 4.69) is 10.3 Å². The van der Waals surface area contributed by atoms with Crippen LogP contribution in [-0.4, -0.2) is 16.7 Å². The third-order valence-corrected chi connectivity index (χ3v) is 3.74. The molecule has 0 unspecified atom stereocenters. The highest BCUT2D eigenvalue weighted by atomic mass is 16.2. The van der Waals surface area contributed by atoms with Crippen molar-refractivity contribution in [2.45, 2.75) is 13.5 Å². The van der Waals surface area contributed by atoms with Gasteiger partial charge in [-0.2, -0.15) is 0 Å². The van der Waals surface area contributed by atoms with Crippen LogP contribution in [0.4, 0.5) is 0 Å². The molecule has 0 spiro atoms. The van der Waals surface area contributed by atoms with Gasteiger partial charge in [-0.3, -0.25) is 9.59 Å². The zero-order valence-corrected chi connectivity index (χ0v) is 12.2. The third kappa shape index (κ3) is 2.63. The van der Waals surface area contributed by atoms with Gasteiger partial charge in [-0.05, 0) is 24.1 Å². The molecule has 1 aromatic heterocycles. The van der Waals surface area contributed by atoms with Crippen molar-refractivity contribution in [1.29, 1.82) is 0 Å². The number of fused-ring (bicyclic) bond motifs is 1. The summed E-state index contributed by atoms with van der Waals surface area (Å²) in [7, 11) is 0. The molecule has 2 aromatic carbocycles. The van der Waals surface area contributed by atoms with Crippen LogP contribution in [-0.2, 0) is 11.3 Å². The van der Waals surface area contributed by atoms with Crippen LogP contribution in [0.25, 0.3) is 10.9 Å². The standard InChI is InChI=1S/C18H16N2O2/c1-12-6-2-3-7-13(12)10-20-18(22)17(21)15-11-19-16-9-5-4-8-14(15)16/h2-9,11,19H,10H2,1H3,(H,20,22). The van der Waals surface area contributed by atoms with Crippen LogP contribution in [0.5, 0.6) is 0 Å². The van der Waals surface area contributed by atoms with Crippen molar-refractivity contribution in [2.75, 3.05) is 0 Å². The Morgan fingerprint density at radius 2 is 1.77 bits per heavy atom. The lowest BCUT2D eigenvalue weighted by Crippen LogP contribution is -2.30. The van der Waals surface area contributed by atoms with Crippen molar-refractivity contribution in [3.8, 4) is 0 Å². The molecular weight excluding hydrogens is 276 g/mol. The third-order valence-electron chi connectivity index (χ3n) is 3.74. The van der Waals surface area contributed by atoms with Gasteiger partial charge in [-0.25, -0.2) is 0 Å². The summed E-state index contributed by atoms with van der Waals surface area (Å²) in [5.74, 6) is -1.11. The van der Waals surface area contributed by atoms with Crippen molar-refractivity contribution >= 4 is 22.6 Å². The Labute approximate surface area is 128 Å². The number of carbonyl (C=O) groups excluding carboxylic acids is 2. The molecule has 2 N–H and O–H groups in total. The van der Waals surface area contributed by atoms with Crippen LogP contribution in [0.2, 0.25) is 0 Å². The Kier molecular flexibility index (Phi) is 3.74. The van der Waals surface area contributed by atoms with Gasteiger partial charge in [-0.15, -0.1) is 0 Å². The average molecular weight is 292 g/mol. The molecule has 0 saturated carbocycles. The van der Waals surface area contributed by atoms with E-state index in [-0.39, 0.29) is 0 Å². The van der Waals surface area contributed by atoms with Gasteiger partial charge >= 0.3 is 0 Å². The van der Waals surface area contributed by atoms with E-state index in [9.17, 15) is 9.59 Å². The smallest absolute Gasteiger partial charge is 0.292 e. The van der Waals surface area contributed by atoms with Gasteiger partial charge in [0.1, 0.15) is 0 Å². The first-order valence-electron chi connectivity index (χ1n) is 7.10. The van der Waals surface area contributed by atoms with Gasteiger partial charge in [-0.1, -0.05) is 42.5 Å². The predicted molar refractivity (Wildman–Crippen MR) is 85.7 cm³/mol. The molecule has 0 aliphatic rings. The molecular formula is C18H16N2O2. The summed E-state index contributed by atoms with van der Waals surface area (Å²) in [6.07, 6.45) is 1.58. The van der Waals surface area contributed by atoms with Crippen molar-refractivity contribution in [2.24, 2.45) is 0 Å². The maximum Gasteiger partial charge on any atom is 0.292 e. The largest absolute Gasteiger partial charge is 0.360 e. The van der Waals surface area contributed by atoms with Gasteiger partial charge in [0.15, 0.2) is 0 Å². The Hall–Kier alpha value is -2.88. The summed E-state index contributed by atoms with van der Waals surface area (Å²) in [5.41, 5.74) is 3.33. The highest BCUT2D eigenvalue weighted by Crippen LogP contribution is 2.18. The SMILES string of the molecule is Cc1ccccc1CNC(=O)C(=O)c1c[nH]c2ccccc12. The summed E-state index contributed by atoms with van der Waals surface area (Å²) in [4.78, 5) is 27.4. The van der Waals surface area contributed by atoms with Crippen molar-refractivity contribution in [3.05, 3.63) is 71.4 Å². The monoisotopic (exact) mass is 292 g/mol. The van der Waals surface area contributed by atoms with Crippen molar-refractivity contribution in [3.63, 3.8) is 0 Å². The number of amides is 1. The average Bonchev–Trinajstić information content (AvgIpc) is 2.97. The molecule has 0 bridgehead atoms. The normalized spacial score (nSPS) is 10.6. The summed E-state index contributed by atoms with van der Waals surface area (Å²) in [6.45, 7) is 2.32. The summed E-state index contributed by atoms with van der Waals surface area (Å²) < 4.78 is 0. The number of H-pyrrole nitrogens is 1. The van der Waals surface area contributed by atoms with Gasteiger partial charge in [0, 0.05) is 23.6 Å². The number of aromatic nitrogens is 1. The molecule has 1 heterocycles. The molecule has 4 nitrogen and oxygen atoms in total. The first kappa shape index (κ1) is 14.1. The van der Waals surface area contributed by atoms with Crippen LogP contribution in [0.15, 0.2) is 54.7 Å². The summed E-state index contributed by atoms with van der Waals surface area (Å²) in [6, 6.07) is 15.2. The van der Waals surface area contributed by atoms with Gasteiger partial charge < -0.3 is 10.3 Å². The van der Waals surface area contributed by atoms with Crippen LogP contribution in [0.1, 0.15) is 21.5 Å². The summed E-state index contributed by atoms with van der Waals surface area (Å²) in [5, 5.41) is 3.45. The number of aryl methyl sites for hydroxylation is 1. The molecule has 1 amide bonds. The fraction of sp³-hybridized carbons (Fsp3) is 0.111. The first-order valence-corrected chi connectivity index (χ1v) is 7.10. The minimum atomic E-state index is -0.590. The molecule has 3 rings (SSSR count). The molecule has 0 fully saturated rings. The van der Waals surface area contributed by atoms with Crippen molar-refractivity contribution in [1.82, 2.24) is 10.3 Å². The lowest BCUT2D eigenvalue weighted by atomic mass is 10.1. The Morgan fingerprint density at radius 3 is 2.59 bits per heavy atom. The lowest BCUT2D eigenvalue weighted by Gasteiger charge is -2.07. The van der Waals surface area contributed by atoms with Crippen molar-refractivity contribution < 1.29 is 9.59 Å². The van der Waals surface area contributed by atoms with E-state index in [1.165, 1.54) is 0 Å².